The van der Waals surface area contributed by atoms with Gasteiger partial charge in [0.1, 0.15) is 11.6 Å². The van der Waals surface area contributed by atoms with Gasteiger partial charge in [-0.15, -0.1) is 0 Å². The number of hydrogen-bond donors (Lipinski definition) is 0. The first-order valence-electron chi connectivity index (χ1n) is 7.40. The van der Waals surface area contributed by atoms with Crippen LogP contribution in [0.1, 0.15) is 0 Å². The molecule has 0 radical (unpaired) electrons. The molecule has 0 fully saturated rings. The zero-order valence-electron chi connectivity index (χ0n) is 13.4. The number of aryl methyl sites for hydroxylation is 1. The van der Waals surface area contributed by atoms with Crippen LogP contribution in [-0.4, -0.2) is 27.5 Å². The molecule has 3 rings (SSSR count). The van der Waals surface area contributed by atoms with Crippen molar-refractivity contribution in [2.24, 2.45) is 7.05 Å². The first-order chi connectivity index (χ1) is 12.2. The lowest BCUT2D eigenvalue weighted by Crippen LogP contribution is -2.19. The molecule has 4 nitrogen and oxygen atoms in total. The fraction of sp³-hybridized carbons (Fsp3) is 0.176. The Kier molecular flexibility index (Phi) is 4.86. The third kappa shape index (κ3) is 3.96. The minimum absolute atomic E-state index is 0.0746. The third-order valence-electron chi connectivity index (χ3n) is 3.46. The van der Waals surface area contributed by atoms with E-state index in [1.165, 1.54) is 35.0 Å². The molecule has 9 heteroatoms. The Labute approximate surface area is 151 Å². The maximum Gasteiger partial charge on any atom is 0.422 e. The molecule has 26 heavy (non-hydrogen) atoms. The Morgan fingerprint density at radius 3 is 2.42 bits per heavy atom. The van der Waals surface area contributed by atoms with Crippen molar-refractivity contribution in [3.8, 4) is 28.5 Å². The third-order valence-corrected chi connectivity index (χ3v) is 3.78. The van der Waals surface area contributed by atoms with Gasteiger partial charge < -0.3 is 4.74 Å². The summed E-state index contributed by atoms with van der Waals surface area (Å²) in [7, 11) is 1.62. The highest BCUT2D eigenvalue weighted by Gasteiger charge is 2.28. The molecule has 0 amide bonds. The maximum atomic E-state index is 14.0. The van der Waals surface area contributed by atoms with Crippen LogP contribution in [0.2, 0.25) is 5.02 Å². The van der Waals surface area contributed by atoms with Crippen molar-refractivity contribution in [2.45, 2.75) is 6.18 Å². The van der Waals surface area contributed by atoms with Crippen LogP contribution >= 0.6 is 11.6 Å². The predicted octanol–water partition coefficient (Wildman–Crippen LogP) is 4.88. The molecule has 1 heterocycles. The highest BCUT2D eigenvalue weighted by Crippen LogP contribution is 2.30. The van der Waals surface area contributed by atoms with Crippen LogP contribution in [0.25, 0.3) is 22.8 Å². The number of halogens is 5. The highest BCUT2D eigenvalue weighted by molar-refractivity contribution is 6.33. The molecule has 0 unspecified atom stereocenters. The summed E-state index contributed by atoms with van der Waals surface area (Å²) in [6.45, 7) is -1.37. The van der Waals surface area contributed by atoms with Crippen LogP contribution < -0.4 is 4.74 Å². The van der Waals surface area contributed by atoms with E-state index < -0.39 is 18.6 Å². The Morgan fingerprint density at radius 2 is 1.81 bits per heavy atom. The molecule has 0 saturated carbocycles. The van der Waals surface area contributed by atoms with E-state index in [1.807, 2.05) is 0 Å². The summed E-state index contributed by atoms with van der Waals surface area (Å²) in [5, 5.41) is 4.35. The smallest absolute Gasteiger partial charge is 0.422 e. The number of rotatable bonds is 4. The molecule has 0 saturated heterocycles. The van der Waals surface area contributed by atoms with Gasteiger partial charge in [-0.25, -0.2) is 14.1 Å². The lowest BCUT2D eigenvalue weighted by molar-refractivity contribution is -0.153. The molecule has 136 valence electrons. The molecule has 0 aliphatic heterocycles. The number of ether oxygens (including phenoxy) is 1. The lowest BCUT2D eigenvalue weighted by Gasteiger charge is -2.09. The minimum Gasteiger partial charge on any atom is -0.484 e. The summed E-state index contributed by atoms with van der Waals surface area (Å²) < 4.78 is 56.7. The van der Waals surface area contributed by atoms with E-state index in [-0.39, 0.29) is 22.2 Å². The topological polar surface area (TPSA) is 39.9 Å². The maximum absolute atomic E-state index is 14.0. The first-order valence-corrected chi connectivity index (χ1v) is 7.78. The molecule has 0 spiro atoms. The van der Waals surface area contributed by atoms with E-state index in [9.17, 15) is 17.6 Å². The van der Waals surface area contributed by atoms with Gasteiger partial charge in [0.2, 0.25) is 0 Å². The molecule has 3 aromatic rings. The summed E-state index contributed by atoms with van der Waals surface area (Å²) in [6.07, 6.45) is -4.41. The quantitative estimate of drug-likeness (QED) is 0.601. The van der Waals surface area contributed by atoms with Gasteiger partial charge >= 0.3 is 6.18 Å². The Morgan fingerprint density at radius 1 is 1.12 bits per heavy atom. The molecule has 1 aromatic heterocycles. The van der Waals surface area contributed by atoms with Gasteiger partial charge in [0.25, 0.3) is 0 Å². The summed E-state index contributed by atoms with van der Waals surface area (Å²) in [4.78, 5) is 4.29. The summed E-state index contributed by atoms with van der Waals surface area (Å²) >= 11 is 6.03. The zero-order chi connectivity index (χ0) is 18.9. The zero-order valence-corrected chi connectivity index (χ0v) is 14.1. The van der Waals surface area contributed by atoms with E-state index in [0.29, 0.717) is 11.4 Å². The van der Waals surface area contributed by atoms with Gasteiger partial charge in [-0.3, -0.25) is 0 Å². The van der Waals surface area contributed by atoms with E-state index in [1.54, 1.807) is 19.2 Å². The van der Waals surface area contributed by atoms with Crippen LogP contribution in [0.3, 0.4) is 0 Å². The van der Waals surface area contributed by atoms with Gasteiger partial charge in [0.15, 0.2) is 18.3 Å². The average molecular weight is 386 g/mol. The van der Waals surface area contributed by atoms with Crippen molar-refractivity contribution in [3.05, 3.63) is 53.3 Å². The van der Waals surface area contributed by atoms with Crippen LogP contribution in [0.5, 0.6) is 5.75 Å². The van der Waals surface area contributed by atoms with Crippen molar-refractivity contribution in [2.75, 3.05) is 6.61 Å². The lowest BCUT2D eigenvalue weighted by atomic mass is 10.2. The van der Waals surface area contributed by atoms with Crippen LogP contribution in [0.15, 0.2) is 42.5 Å². The molecule has 2 aromatic carbocycles. The predicted molar refractivity (Wildman–Crippen MR) is 88.4 cm³/mol. The number of nitrogens with zero attached hydrogens (tertiary/aromatic N) is 3. The fourth-order valence-electron chi connectivity index (χ4n) is 2.32. The Bertz CT molecular complexity index is 902. The molecule has 0 atom stereocenters. The summed E-state index contributed by atoms with van der Waals surface area (Å²) in [5.74, 6) is 0.0425. The molecular formula is C17H12ClF4N3O. The average Bonchev–Trinajstić information content (AvgIpc) is 2.94. The molecular weight excluding hydrogens is 374 g/mol. The molecule has 0 aliphatic rings. The van der Waals surface area contributed by atoms with Crippen molar-refractivity contribution in [1.29, 1.82) is 0 Å². The standard InChI is InChI=1S/C17H12ClF4N3O/c1-25-16(10-5-7-11(8-6-10)26-9-17(20,21)22)23-15(24-25)14-12(18)3-2-4-13(14)19/h2-8H,9H2,1H3. The summed E-state index contributed by atoms with van der Waals surface area (Å²) in [6, 6.07) is 10.1. The second-order valence-electron chi connectivity index (χ2n) is 5.41. The van der Waals surface area contributed by atoms with Gasteiger partial charge in [0.05, 0.1) is 10.6 Å². The summed E-state index contributed by atoms with van der Waals surface area (Å²) in [5.41, 5.74) is 0.666. The molecule has 0 N–H and O–H groups in total. The molecule has 0 aliphatic carbocycles. The minimum atomic E-state index is -4.41. The Hall–Kier alpha value is -2.61. The largest absolute Gasteiger partial charge is 0.484 e. The van der Waals surface area contributed by atoms with Gasteiger partial charge in [-0.05, 0) is 36.4 Å². The van der Waals surface area contributed by atoms with E-state index in [2.05, 4.69) is 14.8 Å². The first kappa shape index (κ1) is 18.2. The number of aromatic nitrogens is 3. The fourth-order valence-corrected chi connectivity index (χ4v) is 2.57. The van der Waals surface area contributed by atoms with Crippen molar-refractivity contribution < 1.29 is 22.3 Å². The number of alkyl halides is 3. The van der Waals surface area contributed by atoms with Crippen LogP contribution in [-0.2, 0) is 7.05 Å². The Balaban J connectivity index is 1.88. The van der Waals surface area contributed by atoms with Gasteiger partial charge in [-0.1, -0.05) is 17.7 Å². The number of hydrogen-bond acceptors (Lipinski definition) is 3. The van der Waals surface area contributed by atoms with E-state index in [0.717, 1.165) is 0 Å². The van der Waals surface area contributed by atoms with Crippen LogP contribution in [0.4, 0.5) is 17.6 Å². The van der Waals surface area contributed by atoms with Gasteiger partial charge in [-0.2, -0.15) is 18.3 Å². The normalized spacial score (nSPS) is 11.6. The van der Waals surface area contributed by atoms with E-state index in [4.69, 9.17) is 11.6 Å². The van der Waals surface area contributed by atoms with Gasteiger partial charge in [0, 0.05) is 12.6 Å². The molecule has 0 bridgehead atoms. The van der Waals surface area contributed by atoms with Crippen molar-refractivity contribution in [1.82, 2.24) is 14.8 Å². The SMILES string of the molecule is Cn1nc(-c2c(F)cccc2Cl)nc1-c1ccc(OCC(F)(F)F)cc1. The second-order valence-corrected chi connectivity index (χ2v) is 5.81. The van der Waals surface area contributed by atoms with Crippen molar-refractivity contribution >= 4 is 11.6 Å². The van der Waals surface area contributed by atoms with Crippen LogP contribution in [0, 0.1) is 5.82 Å². The van der Waals surface area contributed by atoms with Crippen molar-refractivity contribution in [3.63, 3.8) is 0 Å². The second kappa shape index (κ2) is 6.95. The monoisotopic (exact) mass is 385 g/mol. The highest BCUT2D eigenvalue weighted by atomic mass is 35.5. The van der Waals surface area contributed by atoms with E-state index >= 15 is 0 Å². The number of benzene rings is 2.